The maximum Gasteiger partial charge on any atom is 0.288 e. The molecular weight excluding hydrogens is 364 g/mol. The zero-order valence-electron chi connectivity index (χ0n) is 17.8. The zero-order valence-corrected chi connectivity index (χ0v) is 17.8. The van der Waals surface area contributed by atoms with Crippen molar-refractivity contribution in [1.29, 1.82) is 0 Å². The molecule has 1 aromatic carbocycles. The Balaban J connectivity index is 1.87. The molecule has 1 amide bonds. The van der Waals surface area contributed by atoms with E-state index in [0.717, 1.165) is 56.8 Å². The molecule has 1 atom stereocenters. The molecule has 2 aromatic rings. The molecular formula is C23H34N4O2. The van der Waals surface area contributed by atoms with E-state index in [1.165, 1.54) is 24.8 Å². The van der Waals surface area contributed by atoms with E-state index in [1.807, 2.05) is 10.7 Å². The average molecular weight is 399 g/mol. The lowest BCUT2D eigenvalue weighted by molar-refractivity contribution is 0.0990. The molecule has 6 nitrogen and oxygen atoms in total. The van der Waals surface area contributed by atoms with Crippen molar-refractivity contribution in [2.75, 3.05) is 13.2 Å². The fraction of sp³-hybridized carbons (Fsp3) is 0.609. The molecule has 158 valence electrons. The SMILES string of the molecule is CCCCOCC(CC)c1cccc(-n2nc(C(N)=O)nc2C2CCCCC2)c1. The van der Waals surface area contributed by atoms with Crippen molar-refractivity contribution < 1.29 is 9.53 Å². The van der Waals surface area contributed by atoms with Gasteiger partial charge in [0, 0.05) is 18.4 Å². The molecule has 29 heavy (non-hydrogen) atoms. The second-order valence-corrected chi connectivity index (χ2v) is 8.03. The number of carbonyl (C=O) groups is 1. The number of hydrogen-bond acceptors (Lipinski definition) is 4. The quantitative estimate of drug-likeness (QED) is 0.587. The normalized spacial score (nSPS) is 16.1. The van der Waals surface area contributed by atoms with E-state index in [-0.39, 0.29) is 5.82 Å². The van der Waals surface area contributed by atoms with Gasteiger partial charge in [-0.2, -0.15) is 0 Å². The number of amides is 1. The summed E-state index contributed by atoms with van der Waals surface area (Å²) < 4.78 is 7.72. The van der Waals surface area contributed by atoms with E-state index in [9.17, 15) is 4.79 Å². The van der Waals surface area contributed by atoms with E-state index in [2.05, 4.69) is 42.1 Å². The molecule has 1 aliphatic carbocycles. The maximum atomic E-state index is 11.7. The lowest BCUT2D eigenvalue weighted by Gasteiger charge is -2.22. The minimum atomic E-state index is -0.576. The number of carbonyl (C=O) groups excluding carboxylic acids is 1. The Hall–Kier alpha value is -2.21. The van der Waals surface area contributed by atoms with Gasteiger partial charge in [-0.3, -0.25) is 4.79 Å². The van der Waals surface area contributed by atoms with Crippen LogP contribution in [0, 0.1) is 0 Å². The topological polar surface area (TPSA) is 83.0 Å². The fourth-order valence-corrected chi connectivity index (χ4v) is 4.08. The molecule has 0 bridgehead atoms. The van der Waals surface area contributed by atoms with Crippen molar-refractivity contribution in [3.05, 3.63) is 41.5 Å². The van der Waals surface area contributed by atoms with Gasteiger partial charge in [-0.1, -0.05) is 51.7 Å². The molecule has 1 fully saturated rings. The van der Waals surface area contributed by atoms with Crippen LogP contribution in [0.3, 0.4) is 0 Å². The summed E-state index contributed by atoms with van der Waals surface area (Å²) in [7, 11) is 0. The van der Waals surface area contributed by atoms with Gasteiger partial charge in [-0.25, -0.2) is 9.67 Å². The molecule has 1 aliphatic rings. The van der Waals surface area contributed by atoms with E-state index < -0.39 is 5.91 Å². The first kappa shape index (κ1) is 21.5. The van der Waals surface area contributed by atoms with Crippen molar-refractivity contribution in [1.82, 2.24) is 14.8 Å². The lowest BCUT2D eigenvalue weighted by atomic mass is 9.88. The van der Waals surface area contributed by atoms with E-state index in [4.69, 9.17) is 10.5 Å². The van der Waals surface area contributed by atoms with Crippen molar-refractivity contribution in [3.8, 4) is 5.69 Å². The number of unbranched alkanes of at least 4 members (excludes halogenated alkanes) is 1. The third-order valence-electron chi connectivity index (χ3n) is 5.86. The average Bonchev–Trinajstić information content (AvgIpc) is 3.21. The summed E-state index contributed by atoms with van der Waals surface area (Å²) in [6.07, 6.45) is 9.06. The summed E-state index contributed by atoms with van der Waals surface area (Å²) in [5.41, 5.74) is 7.66. The van der Waals surface area contributed by atoms with Crippen LogP contribution in [0.15, 0.2) is 24.3 Å². The van der Waals surface area contributed by atoms with Gasteiger partial charge in [0.1, 0.15) is 5.82 Å². The van der Waals surface area contributed by atoms with Crippen LogP contribution in [-0.4, -0.2) is 33.9 Å². The van der Waals surface area contributed by atoms with Crippen molar-refractivity contribution in [2.24, 2.45) is 5.73 Å². The van der Waals surface area contributed by atoms with Gasteiger partial charge in [0.25, 0.3) is 5.91 Å². The highest BCUT2D eigenvalue weighted by atomic mass is 16.5. The van der Waals surface area contributed by atoms with E-state index in [0.29, 0.717) is 11.8 Å². The van der Waals surface area contributed by atoms with Gasteiger partial charge in [0.05, 0.1) is 12.3 Å². The van der Waals surface area contributed by atoms with Crippen LogP contribution >= 0.6 is 0 Å². The van der Waals surface area contributed by atoms with E-state index in [1.54, 1.807) is 0 Å². The molecule has 1 saturated carbocycles. The summed E-state index contributed by atoms with van der Waals surface area (Å²) in [6, 6.07) is 8.38. The number of hydrogen-bond donors (Lipinski definition) is 1. The third-order valence-corrected chi connectivity index (χ3v) is 5.86. The van der Waals surface area contributed by atoms with Crippen molar-refractivity contribution in [3.63, 3.8) is 0 Å². The number of aromatic nitrogens is 3. The first-order chi connectivity index (χ1) is 14.1. The van der Waals surface area contributed by atoms with Crippen LogP contribution < -0.4 is 5.73 Å². The maximum absolute atomic E-state index is 11.7. The summed E-state index contributed by atoms with van der Waals surface area (Å²) >= 11 is 0. The van der Waals surface area contributed by atoms with Crippen molar-refractivity contribution in [2.45, 2.75) is 77.0 Å². The molecule has 1 unspecified atom stereocenters. The second kappa shape index (κ2) is 10.5. The molecule has 6 heteroatoms. The Morgan fingerprint density at radius 1 is 1.28 bits per heavy atom. The molecule has 3 rings (SSSR count). The molecule has 2 N–H and O–H groups in total. The third kappa shape index (κ3) is 5.44. The smallest absolute Gasteiger partial charge is 0.288 e. The first-order valence-corrected chi connectivity index (χ1v) is 11.1. The summed E-state index contributed by atoms with van der Waals surface area (Å²) in [6.45, 7) is 5.89. The van der Waals surface area contributed by atoms with Crippen LogP contribution in [-0.2, 0) is 4.74 Å². The van der Waals surface area contributed by atoms with Crippen LogP contribution in [0.2, 0.25) is 0 Å². The number of ether oxygens (including phenoxy) is 1. The lowest BCUT2D eigenvalue weighted by Crippen LogP contribution is -2.13. The summed E-state index contributed by atoms with van der Waals surface area (Å²) in [5, 5.41) is 4.47. The Morgan fingerprint density at radius 3 is 2.76 bits per heavy atom. The highest BCUT2D eigenvalue weighted by molar-refractivity contribution is 5.88. The predicted molar refractivity (Wildman–Crippen MR) is 114 cm³/mol. The number of benzene rings is 1. The predicted octanol–water partition coefficient (Wildman–Crippen LogP) is 4.72. The highest BCUT2D eigenvalue weighted by Gasteiger charge is 2.25. The minimum Gasteiger partial charge on any atom is -0.381 e. The number of nitrogens with two attached hydrogens (primary N) is 1. The summed E-state index contributed by atoms with van der Waals surface area (Å²) in [4.78, 5) is 16.3. The molecule has 0 radical (unpaired) electrons. The number of rotatable bonds is 10. The molecule has 0 spiro atoms. The minimum absolute atomic E-state index is 0.103. The Kier molecular flexibility index (Phi) is 7.81. The first-order valence-electron chi connectivity index (χ1n) is 11.1. The fourth-order valence-electron chi connectivity index (χ4n) is 4.08. The van der Waals surface area contributed by atoms with Gasteiger partial charge in [-0.15, -0.1) is 5.10 Å². The molecule has 1 aromatic heterocycles. The highest BCUT2D eigenvalue weighted by Crippen LogP contribution is 2.33. The monoisotopic (exact) mass is 398 g/mol. The van der Waals surface area contributed by atoms with Gasteiger partial charge < -0.3 is 10.5 Å². The Morgan fingerprint density at radius 2 is 2.07 bits per heavy atom. The largest absolute Gasteiger partial charge is 0.381 e. The number of nitrogens with zero attached hydrogens (tertiary/aromatic N) is 3. The van der Waals surface area contributed by atoms with Crippen molar-refractivity contribution >= 4 is 5.91 Å². The van der Waals surface area contributed by atoms with Crippen LogP contribution in [0.1, 0.15) is 99.1 Å². The van der Waals surface area contributed by atoms with Gasteiger partial charge in [0.15, 0.2) is 0 Å². The Bertz CT molecular complexity index is 796. The van der Waals surface area contributed by atoms with E-state index >= 15 is 0 Å². The molecule has 0 aliphatic heterocycles. The molecule has 0 saturated heterocycles. The molecule has 1 heterocycles. The van der Waals surface area contributed by atoms with Gasteiger partial charge >= 0.3 is 0 Å². The van der Waals surface area contributed by atoms with Gasteiger partial charge in [-0.05, 0) is 43.4 Å². The van der Waals surface area contributed by atoms with Gasteiger partial charge in [0.2, 0.25) is 5.82 Å². The van der Waals surface area contributed by atoms with Crippen LogP contribution in [0.5, 0.6) is 0 Å². The zero-order chi connectivity index (χ0) is 20.6. The van der Waals surface area contributed by atoms with Crippen LogP contribution in [0.4, 0.5) is 0 Å². The second-order valence-electron chi connectivity index (χ2n) is 8.03. The summed E-state index contributed by atoms with van der Waals surface area (Å²) in [5.74, 6) is 1.05. The standard InChI is InChI=1S/C23H34N4O2/c1-3-5-14-29-16-17(4-2)19-12-9-13-20(15-19)27-23(18-10-7-6-8-11-18)25-22(26-27)21(24)28/h9,12-13,15,17-18H,3-8,10-11,14,16H2,1-2H3,(H2,24,28). The Labute approximate surface area is 173 Å². The number of primary amides is 1. The van der Waals surface area contributed by atoms with Crippen LogP contribution in [0.25, 0.3) is 5.69 Å².